The molecule has 2 aromatic heterocycles. The molecular weight excluding hydrogens is 375 g/mol. The van der Waals surface area contributed by atoms with Crippen molar-refractivity contribution in [3.05, 3.63) is 57.3 Å². The number of rotatable bonds is 5. The molecule has 0 atom stereocenters. The number of fused-ring (bicyclic) bond motifs is 1. The number of thiazole rings is 1. The molecule has 0 saturated carbocycles. The zero-order chi connectivity index (χ0) is 18.5. The number of hydrogen-bond donors (Lipinski definition) is 0. The largest absolute Gasteiger partial charge is 0.469 e. The van der Waals surface area contributed by atoms with E-state index in [1.807, 2.05) is 17.5 Å². The molecule has 0 aliphatic rings. The fourth-order valence-electron chi connectivity index (χ4n) is 2.32. The Hall–Kier alpha value is -2.58. The molecule has 0 fully saturated rings. The summed E-state index contributed by atoms with van der Waals surface area (Å²) in [5, 5.41) is 1.92. The first-order valence-corrected chi connectivity index (χ1v) is 9.42. The molecule has 0 radical (unpaired) electrons. The summed E-state index contributed by atoms with van der Waals surface area (Å²) in [6.07, 6.45) is 3.22. The van der Waals surface area contributed by atoms with E-state index in [9.17, 15) is 14.0 Å². The Balaban J connectivity index is 1.97. The molecule has 1 aromatic carbocycles. The molecule has 0 spiro atoms. The van der Waals surface area contributed by atoms with Crippen LogP contribution in [-0.4, -0.2) is 23.6 Å². The normalized spacial score (nSPS) is 12.2. The predicted octanol–water partition coefficient (Wildman–Crippen LogP) is 3.61. The van der Waals surface area contributed by atoms with Gasteiger partial charge >= 0.3 is 5.97 Å². The lowest BCUT2D eigenvalue weighted by molar-refractivity contribution is -0.140. The summed E-state index contributed by atoms with van der Waals surface area (Å²) in [6, 6.07) is 8.13. The van der Waals surface area contributed by atoms with Crippen molar-refractivity contribution >= 4 is 50.8 Å². The third-order valence-corrected chi connectivity index (χ3v) is 5.43. The number of halogens is 1. The van der Waals surface area contributed by atoms with Crippen molar-refractivity contribution in [2.45, 2.75) is 13.0 Å². The first kappa shape index (κ1) is 18.2. The molecule has 134 valence electrons. The first-order valence-electron chi connectivity index (χ1n) is 7.73. The summed E-state index contributed by atoms with van der Waals surface area (Å²) in [6.45, 7) is 0.291. The Labute approximate surface area is 156 Å². The van der Waals surface area contributed by atoms with Crippen molar-refractivity contribution in [1.29, 1.82) is 0 Å². The molecule has 0 aliphatic heterocycles. The molecule has 0 aliphatic carbocycles. The molecule has 0 bridgehead atoms. The van der Waals surface area contributed by atoms with Crippen molar-refractivity contribution in [2.75, 3.05) is 7.11 Å². The molecule has 0 saturated heterocycles. The molecule has 5 nitrogen and oxygen atoms in total. The lowest BCUT2D eigenvalue weighted by Gasteiger charge is -2.04. The number of hydrogen-bond acceptors (Lipinski definition) is 5. The number of nitrogens with zero attached hydrogens (tertiary/aromatic N) is 2. The van der Waals surface area contributed by atoms with Crippen molar-refractivity contribution in [2.24, 2.45) is 4.99 Å². The first-order chi connectivity index (χ1) is 12.6. The Kier molecular flexibility index (Phi) is 5.75. The second-order valence-electron chi connectivity index (χ2n) is 5.27. The quantitative estimate of drug-likeness (QED) is 0.494. The maximum atomic E-state index is 13.5. The molecule has 0 N–H and O–H groups in total. The zero-order valence-electron chi connectivity index (χ0n) is 13.8. The average molecular weight is 390 g/mol. The van der Waals surface area contributed by atoms with E-state index in [0.717, 1.165) is 4.88 Å². The Morgan fingerprint density at radius 1 is 1.35 bits per heavy atom. The summed E-state index contributed by atoms with van der Waals surface area (Å²) < 4.78 is 20.6. The van der Waals surface area contributed by atoms with Gasteiger partial charge in [0.1, 0.15) is 5.82 Å². The van der Waals surface area contributed by atoms with Crippen molar-refractivity contribution in [3.63, 3.8) is 0 Å². The fourth-order valence-corrected chi connectivity index (χ4v) is 4.03. The number of methoxy groups -OCH3 is 1. The highest BCUT2D eigenvalue weighted by Gasteiger charge is 2.10. The summed E-state index contributed by atoms with van der Waals surface area (Å²) in [7, 11) is 1.32. The van der Waals surface area contributed by atoms with Gasteiger partial charge in [0.25, 0.3) is 5.91 Å². The number of amides is 1. The highest BCUT2D eigenvalue weighted by Crippen LogP contribution is 2.19. The molecule has 8 heteroatoms. The molecule has 3 rings (SSSR count). The van der Waals surface area contributed by atoms with E-state index in [2.05, 4.69) is 9.73 Å². The van der Waals surface area contributed by atoms with Gasteiger partial charge in [-0.3, -0.25) is 9.59 Å². The Morgan fingerprint density at radius 3 is 2.92 bits per heavy atom. The lowest BCUT2D eigenvalue weighted by atomic mass is 10.3. The number of esters is 1. The van der Waals surface area contributed by atoms with Crippen LogP contribution in [0.3, 0.4) is 0 Å². The van der Waals surface area contributed by atoms with E-state index in [4.69, 9.17) is 0 Å². The van der Waals surface area contributed by atoms with E-state index in [-0.39, 0.29) is 18.2 Å². The summed E-state index contributed by atoms with van der Waals surface area (Å²) in [5.41, 5.74) is 0.717. The molecule has 1 amide bonds. The standard InChI is InChI=1S/C18H15FN2O3S2/c1-24-17(23)8-9-21-14-6-4-12(19)11-15(14)26-18(21)20-16(22)7-5-13-3-2-10-25-13/h2-7,10-11H,8-9H2,1H3/b7-5+,20-18?. The van der Waals surface area contributed by atoms with Gasteiger partial charge in [0.2, 0.25) is 0 Å². The zero-order valence-corrected chi connectivity index (χ0v) is 15.5. The molecule has 3 aromatic rings. The second kappa shape index (κ2) is 8.20. The SMILES string of the molecule is COC(=O)CCn1c(=NC(=O)/C=C/c2cccs2)sc2cc(F)ccc21. The van der Waals surface area contributed by atoms with Gasteiger partial charge in [-0.25, -0.2) is 4.39 Å². The minimum atomic E-state index is -0.419. The molecule has 2 heterocycles. The number of thiophene rings is 1. The van der Waals surface area contributed by atoms with Crippen LogP contribution in [-0.2, 0) is 20.9 Å². The second-order valence-corrected chi connectivity index (χ2v) is 7.26. The van der Waals surface area contributed by atoms with Crippen LogP contribution >= 0.6 is 22.7 Å². The summed E-state index contributed by atoms with van der Waals surface area (Å²) in [4.78, 5) is 29.1. The van der Waals surface area contributed by atoms with Gasteiger partial charge in [-0.1, -0.05) is 17.4 Å². The van der Waals surface area contributed by atoms with E-state index < -0.39 is 5.91 Å². The maximum Gasteiger partial charge on any atom is 0.307 e. The predicted molar refractivity (Wildman–Crippen MR) is 100 cm³/mol. The third kappa shape index (κ3) is 4.33. The number of ether oxygens (including phenoxy) is 1. The average Bonchev–Trinajstić information content (AvgIpc) is 3.25. The van der Waals surface area contributed by atoms with E-state index >= 15 is 0 Å². The monoisotopic (exact) mass is 390 g/mol. The molecular formula is C18H15FN2O3S2. The Bertz CT molecular complexity index is 1030. The van der Waals surface area contributed by atoms with Gasteiger partial charge < -0.3 is 9.30 Å². The van der Waals surface area contributed by atoms with Gasteiger partial charge in [-0.05, 0) is 35.7 Å². The minimum Gasteiger partial charge on any atom is -0.469 e. The number of carbonyl (C=O) groups excluding carboxylic acids is 2. The number of carbonyl (C=O) groups is 2. The van der Waals surface area contributed by atoms with E-state index in [0.29, 0.717) is 21.6 Å². The van der Waals surface area contributed by atoms with Crippen molar-refractivity contribution < 1.29 is 18.7 Å². The Morgan fingerprint density at radius 2 is 2.19 bits per heavy atom. The number of aryl methyl sites for hydroxylation is 1. The van der Waals surface area contributed by atoms with E-state index in [1.54, 1.807) is 16.7 Å². The maximum absolute atomic E-state index is 13.5. The smallest absolute Gasteiger partial charge is 0.307 e. The molecule has 0 unspecified atom stereocenters. The summed E-state index contributed by atoms with van der Waals surface area (Å²) in [5.74, 6) is -1.15. The number of aromatic nitrogens is 1. The van der Waals surface area contributed by atoms with Gasteiger partial charge in [0.15, 0.2) is 4.80 Å². The number of benzene rings is 1. The highest BCUT2D eigenvalue weighted by molar-refractivity contribution is 7.16. The molecule has 26 heavy (non-hydrogen) atoms. The van der Waals surface area contributed by atoms with Crippen molar-refractivity contribution in [3.8, 4) is 0 Å². The van der Waals surface area contributed by atoms with Crippen LogP contribution in [0.25, 0.3) is 16.3 Å². The van der Waals surface area contributed by atoms with Crippen LogP contribution in [0.5, 0.6) is 0 Å². The fraction of sp³-hybridized carbons (Fsp3) is 0.167. The summed E-state index contributed by atoms with van der Waals surface area (Å²) >= 11 is 2.72. The van der Waals surface area contributed by atoms with Gasteiger partial charge in [0, 0.05) is 17.5 Å². The minimum absolute atomic E-state index is 0.131. The van der Waals surface area contributed by atoms with Crippen LogP contribution in [0.4, 0.5) is 4.39 Å². The van der Waals surface area contributed by atoms with Crippen LogP contribution in [0.15, 0.2) is 46.8 Å². The van der Waals surface area contributed by atoms with Gasteiger partial charge in [0.05, 0.1) is 23.7 Å². The van der Waals surface area contributed by atoms with E-state index in [1.165, 1.54) is 48.0 Å². The third-order valence-electron chi connectivity index (χ3n) is 3.55. The topological polar surface area (TPSA) is 60.7 Å². The van der Waals surface area contributed by atoms with Gasteiger partial charge in [-0.2, -0.15) is 4.99 Å². The van der Waals surface area contributed by atoms with Crippen LogP contribution in [0.1, 0.15) is 11.3 Å². The van der Waals surface area contributed by atoms with Crippen LogP contribution in [0, 0.1) is 5.82 Å². The lowest BCUT2D eigenvalue weighted by Crippen LogP contribution is -2.18. The van der Waals surface area contributed by atoms with Crippen molar-refractivity contribution in [1.82, 2.24) is 4.57 Å². The van der Waals surface area contributed by atoms with Crippen LogP contribution < -0.4 is 4.80 Å². The highest BCUT2D eigenvalue weighted by atomic mass is 32.1. The van der Waals surface area contributed by atoms with Crippen LogP contribution in [0.2, 0.25) is 0 Å². The van der Waals surface area contributed by atoms with Gasteiger partial charge in [-0.15, -0.1) is 11.3 Å².